The highest BCUT2D eigenvalue weighted by Gasteiger charge is 2.45. The fourth-order valence-corrected chi connectivity index (χ4v) is 1.81. The average molecular weight is 272 g/mol. The van der Waals surface area contributed by atoms with Gasteiger partial charge in [-0.2, -0.15) is 0 Å². The van der Waals surface area contributed by atoms with Crippen molar-refractivity contribution < 1.29 is 14.3 Å². The maximum absolute atomic E-state index is 12.5. The van der Waals surface area contributed by atoms with Crippen molar-refractivity contribution in [3.05, 3.63) is 0 Å². The van der Waals surface area contributed by atoms with E-state index in [1.807, 2.05) is 41.5 Å². The van der Waals surface area contributed by atoms with E-state index in [0.29, 0.717) is 0 Å². The van der Waals surface area contributed by atoms with Crippen LogP contribution in [0.15, 0.2) is 0 Å². The molecule has 2 atom stereocenters. The van der Waals surface area contributed by atoms with Gasteiger partial charge < -0.3 is 9.47 Å². The van der Waals surface area contributed by atoms with Crippen LogP contribution in [-0.2, 0) is 14.3 Å². The molecule has 0 aromatic heterocycles. The van der Waals surface area contributed by atoms with Crippen molar-refractivity contribution in [2.24, 2.45) is 16.7 Å². The van der Waals surface area contributed by atoms with Crippen LogP contribution in [0.5, 0.6) is 0 Å². The second-order valence-corrected chi connectivity index (χ2v) is 7.14. The fraction of sp³-hybridized carbons (Fsp3) is 0.938. The summed E-state index contributed by atoms with van der Waals surface area (Å²) in [4.78, 5) is 12.5. The number of carbonyl (C=O) groups excluding carboxylic acids is 1. The van der Waals surface area contributed by atoms with Gasteiger partial charge in [-0.25, -0.2) is 0 Å². The summed E-state index contributed by atoms with van der Waals surface area (Å²) < 4.78 is 11.3. The molecule has 0 saturated heterocycles. The molecule has 0 aliphatic carbocycles. The molecule has 0 bridgehead atoms. The molecule has 0 aliphatic heterocycles. The Morgan fingerprint density at radius 1 is 1.05 bits per heavy atom. The van der Waals surface area contributed by atoms with Crippen molar-refractivity contribution in [3.63, 3.8) is 0 Å². The van der Waals surface area contributed by atoms with E-state index in [1.54, 1.807) is 0 Å². The van der Waals surface area contributed by atoms with Gasteiger partial charge in [0.05, 0.1) is 11.5 Å². The molecular formula is C16H32O3. The van der Waals surface area contributed by atoms with Crippen molar-refractivity contribution in [1.29, 1.82) is 0 Å². The van der Waals surface area contributed by atoms with Gasteiger partial charge in [-0.05, 0) is 32.6 Å². The van der Waals surface area contributed by atoms with Crippen LogP contribution in [0, 0.1) is 16.7 Å². The molecule has 114 valence electrons. The fourth-order valence-electron chi connectivity index (χ4n) is 1.81. The van der Waals surface area contributed by atoms with Crippen molar-refractivity contribution in [3.8, 4) is 0 Å². The zero-order valence-corrected chi connectivity index (χ0v) is 14.2. The van der Waals surface area contributed by atoms with Crippen LogP contribution < -0.4 is 0 Å². The summed E-state index contributed by atoms with van der Waals surface area (Å²) in [6, 6.07) is 0. The molecule has 0 N–H and O–H groups in total. The van der Waals surface area contributed by atoms with E-state index in [2.05, 4.69) is 20.8 Å². The highest BCUT2D eigenvalue weighted by Crippen LogP contribution is 2.42. The second-order valence-electron chi connectivity index (χ2n) is 7.14. The van der Waals surface area contributed by atoms with Crippen molar-refractivity contribution >= 4 is 5.97 Å². The van der Waals surface area contributed by atoms with E-state index < -0.39 is 11.7 Å². The first-order chi connectivity index (χ1) is 8.45. The molecule has 2 unspecified atom stereocenters. The zero-order chi connectivity index (χ0) is 15.4. The molecule has 0 radical (unpaired) electrons. The summed E-state index contributed by atoms with van der Waals surface area (Å²) >= 11 is 0. The van der Waals surface area contributed by atoms with Gasteiger partial charge in [0.2, 0.25) is 6.29 Å². The molecule has 0 aromatic rings. The lowest BCUT2D eigenvalue weighted by atomic mass is 9.66. The molecule has 0 spiro atoms. The molecule has 0 saturated carbocycles. The molecule has 0 amide bonds. The first kappa shape index (κ1) is 18.4. The van der Waals surface area contributed by atoms with Gasteiger partial charge in [0.25, 0.3) is 0 Å². The lowest BCUT2D eigenvalue weighted by molar-refractivity contribution is -0.212. The highest BCUT2D eigenvalue weighted by molar-refractivity contribution is 5.77. The Morgan fingerprint density at radius 2 is 1.53 bits per heavy atom. The largest absolute Gasteiger partial charge is 0.435 e. The van der Waals surface area contributed by atoms with E-state index in [0.717, 1.165) is 6.42 Å². The quantitative estimate of drug-likeness (QED) is 0.531. The van der Waals surface area contributed by atoms with Crippen LogP contribution in [0.25, 0.3) is 0 Å². The van der Waals surface area contributed by atoms with E-state index in [9.17, 15) is 4.79 Å². The van der Waals surface area contributed by atoms with Gasteiger partial charge >= 0.3 is 5.97 Å². The van der Waals surface area contributed by atoms with Crippen LogP contribution in [-0.4, -0.2) is 18.4 Å². The molecule has 0 aliphatic rings. The van der Waals surface area contributed by atoms with Crippen molar-refractivity contribution in [2.75, 3.05) is 0 Å². The lowest BCUT2D eigenvalue weighted by Crippen LogP contribution is -2.44. The van der Waals surface area contributed by atoms with Crippen LogP contribution in [0.2, 0.25) is 0 Å². The van der Waals surface area contributed by atoms with E-state index in [1.165, 1.54) is 0 Å². The van der Waals surface area contributed by atoms with Gasteiger partial charge in [0, 0.05) is 5.92 Å². The third-order valence-electron chi connectivity index (χ3n) is 3.99. The Kier molecular flexibility index (Phi) is 6.53. The third-order valence-corrected chi connectivity index (χ3v) is 3.99. The molecular weight excluding hydrogens is 240 g/mol. The minimum Gasteiger partial charge on any atom is -0.435 e. The minimum absolute atomic E-state index is 0.0442. The van der Waals surface area contributed by atoms with Crippen molar-refractivity contribution in [1.82, 2.24) is 0 Å². The Balaban J connectivity index is 4.99. The van der Waals surface area contributed by atoms with Crippen LogP contribution in [0.4, 0.5) is 0 Å². The minimum atomic E-state index is -0.500. The first-order valence-electron chi connectivity index (χ1n) is 7.32. The summed E-state index contributed by atoms with van der Waals surface area (Å²) in [6.07, 6.45) is 0.324. The molecule has 3 heteroatoms. The summed E-state index contributed by atoms with van der Waals surface area (Å²) in [5.41, 5.74) is -0.640. The van der Waals surface area contributed by atoms with Crippen LogP contribution in [0.3, 0.4) is 0 Å². The van der Waals surface area contributed by atoms with Gasteiger partial charge in [0.1, 0.15) is 0 Å². The summed E-state index contributed by atoms with van der Waals surface area (Å²) in [5, 5.41) is 0. The monoisotopic (exact) mass is 272 g/mol. The predicted octanol–water partition coefficient (Wildman–Crippen LogP) is 4.40. The third kappa shape index (κ3) is 4.79. The maximum atomic E-state index is 12.5. The normalized spacial score (nSPS) is 17.4. The average Bonchev–Trinajstić information content (AvgIpc) is 2.24. The Bertz CT molecular complexity index is 289. The number of hydrogen-bond donors (Lipinski definition) is 0. The second kappa shape index (κ2) is 6.74. The number of rotatable bonds is 6. The predicted molar refractivity (Wildman–Crippen MR) is 78.8 cm³/mol. The summed E-state index contributed by atoms with van der Waals surface area (Å²) in [6.45, 7) is 18.1. The first-order valence-corrected chi connectivity index (χ1v) is 7.32. The van der Waals surface area contributed by atoms with Crippen LogP contribution in [0.1, 0.15) is 68.7 Å². The van der Waals surface area contributed by atoms with E-state index >= 15 is 0 Å². The number of hydrogen-bond acceptors (Lipinski definition) is 3. The Hall–Kier alpha value is -0.570. The van der Waals surface area contributed by atoms with E-state index in [4.69, 9.17) is 9.47 Å². The van der Waals surface area contributed by atoms with Gasteiger partial charge in [-0.1, -0.05) is 41.5 Å². The topological polar surface area (TPSA) is 35.5 Å². The molecule has 0 heterocycles. The molecule has 0 rings (SSSR count). The summed E-state index contributed by atoms with van der Waals surface area (Å²) in [7, 11) is 0. The van der Waals surface area contributed by atoms with E-state index in [-0.39, 0.29) is 23.4 Å². The lowest BCUT2D eigenvalue weighted by Gasteiger charge is -2.40. The zero-order valence-electron chi connectivity index (χ0n) is 14.2. The SMILES string of the molecule is CCC(C)(C(=O)OC(OC(C)C)C(C)C)C(C)(C)C. The molecule has 19 heavy (non-hydrogen) atoms. The van der Waals surface area contributed by atoms with Gasteiger partial charge in [-0.3, -0.25) is 4.79 Å². The van der Waals surface area contributed by atoms with Crippen molar-refractivity contribution in [2.45, 2.75) is 81.1 Å². The van der Waals surface area contributed by atoms with Gasteiger partial charge in [-0.15, -0.1) is 0 Å². The van der Waals surface area contributed by atoms with Gasteiger partial charge in [0.15, 0.2) is 0 Å². The number of esters is 1. The maximum Gasteiger partial charge on any atom is 0.314 e. The standard InChI is InChI=1S/C16H32O3/c1-10-16(9,15(6,7)8)14(17)19-13(11(2)3)18-12(4)5/h11-13H,10H2,1-9H3. The van der Waals surface area contributed by atoms with Crippen LogP contribution >= 0.6 is 0 Å². The number of carbonyl (C=O) groups is 1. The molecule has 0 fully saturated rings. The Labute approximate surface area is 119 Å². The number of ether oxygens (including phenoxy) is 2. The summed E-state index contributed by atoms with van der Waals surface area (Å²) in [5.74, 6) is -0.0192. The molecule has 0 aromatic carbocycles. The highest BCUT2D eigenvalue weighted by atomic mass is 16.7. The Morgan fingerprint density at radius 3 is 1.79 bits per heavy atom. The smallest absolute Gasteiger partial charge is 0.314 e. The molecule has 3 nitrogen and oxygen atoms in total.